The molecule has 8 heteroatoms. The van der Waals surface area contributed by atoms with Crippen molar-refractivity contribution in [1.29, 1.82) is 0 Å². The molecule has 0 bridgehead atoms. The van der Waals surface area contributed by atoms with E-state index in [2.05, 4.69) is 24.1 Å². The van der Waals surface area contributed by atoms with Gasteiger partial charge in [0.05, 0.1) is 19.5 Å². The number of carbonyl (C=O) groups is 1. The molecule has 134 valence electrons. The van der Waals surface area contributed by atoms with Crippen molar-refractivity contribution in [2.45, 2.75) is 44.7 Å². The van der Waals surface area contributed by atoms with Gasteiger partial charge in [-0.05, 0) is 26.7 Å². The highest BCUT2D eigenvalue weighted by Crippen LogP contribution is 2.21. The van der Waals surface area contributed by atoms with Crippen molar-refractivity contribution in [3.63, 3.8) is 0 Å². The largest absolute Gasteiger partial charge is 0.379 e. The van der Waals surface area contributed by atoms with Crippen molar-refractivity contribution in [2.24, 2.45) is 0 Å². The molecule has 2 fully saturated rings. The lowest BCUT2D eigenvalue weighted by molar-refractivity contribution is -0.126. The highest BCUT2D eigenvalue weighted by Gasteiger charge is 2.36. The van der Waals surface area contributed by atoms with E-state index in [1.54, 1.807) is 0 Å². The van der Waals surface area contributed by atoms with E-state index in [1.165, 1.54) is 10.6 Å². The summed E-state index contributed by atoms with van der Waals surface area (Å²) >= 11 is 0. The lowest BCUT2D eigenvalue weighted by atomic mass is 10.0. The van der Waals surface area contributed by atoms with Gasteiger partial charge in [-0.1, -0.05) is 6.42 Å². The van der Waals surface area contributed by atoms with Crippen LogP contribution in [0.3, 0.4) is 0 Å². The lowest BCUT2D eigenvalue weighted by Gasteiger charge is -2.41. The number of hydrogen-bond acceptors (Lipinski definition) is 5. The van der Waals surface area contributed by atoms with Crippen LogP contribution in [-0.4, -0.2) is 80.8 Å². The predicted octanol–water partition coefficient (Wildman–Crippen LogP) is 0.0275. The molecule has 0 aromatic rings. The first kappa shape index (κ1) is 18.6. The maximum atomic E-state index is 12.5. The monoisotopic (exact) mass is 347 g/mol. The van der Waals surface area contributed by atoms with Gasteiger partial charge in [0.15, 0.2) is 0 Å². The summed E-state index contributed by atoms with van der Waals surface area (Å²) < 4.78 is 30.5. The van der Waals surface area contributed by atoms with Crippen molar-refractivity contribution >= 4 is 15.9 Å². The van der Waals surface area contributed by atoms with Gasteiger partial charge in [0.2, 0.25) is 15.9 Å². The molecule has 0 saturated carbocycles. The van der Waals surface area contributed by atoms with Crippen molar-refractivity contribution in [2.75, 3.05) is 45.6 Å². The summed E-state index contributed by atoms with van der Waals surface area (Å²) in [5, 5.41) is 2.96. The topological polar surface area (TPSA) is 79.0 Å². The average molecular weight is 347 g/mol. The molecule has 0 spiro atoms. The number of sulfonamides is 1. The molecule has 2 heterocycles. The number of rotatable bonds is 5. The Morgan fingerprint density at radius 3 is 2.48 bits per heavy atom. The van der Waals surface area contributed by atoms with E-state index in [9.17, 15) is 13.2 Å². The molecule has 1 N–H and O–H groups in total. The second-order valence-corrected chi connectivity index (χ2v) is 8.95. The number of carbonyl (C=O) groups excluding carboxylic acids is 1. The Bertz CT molecular complexity index is 515. The summed E-state index contributed by atoms with van der Waals surface area (Å²) in [7, 11) is -3.35. The van der Waals surface area contributed by atoms with Gasteiger partial charge in [-0.2, -0.15) is 4.31 Å². The van der Waals surface area contributed by atoms with Gasteiger partial charge in [0.25, 0.3) is 0 Å². The zero-order valence-electron chi connectivity index (χ0n) is 14.4. The van der Waals surface area contributed by atoms with Crippen LogP contribution < -0.4 is 5.32 Å². The molecule has 2 rings (SSSR count). The van der Waals surface area contributed by atoms with E-state index in [0.29, 0.717) is 32.7 Å². The summed E-state index contributed by atoms with van der Waals surface area (Å²) in [5.41, 5.74) is -0.177. The van der Waals surface area contributed by atoms with Crippen LogP contribution in [0.15, 0.2) is 0 Å². The Kier molecular flexibility index (Phi) is 6.05. The fraction of sp³-hybridized carbons (Fsp3) is 0.933. The van der Waals surface area contributed by atoms with Crippen LogP contribution in [0.25, 0.3) is 0 Å². The van der Waals surface area contributed by atoms with Crippen LogP contribution in [-0.2, 0) is 19.6 Å². The molecule has 1 unspecified atom stereocenters. The van der Waals surface area contributed by atoms with Gasteiger partial charge in [-0.25, -0.2) is 8.42 Å². The summed E-state index contributed by atoms with van der Waals surface area (Å²) in [6, 6.07) is -0.570. The van der Waals surface area contributed by atoms with Crippen LogP contribution >= 0.6 is 0 Å². The first-order valence-corrected chi connectivity index (χ1v) is 10.1. The molecule has 2 saturated heterocycles. The smallest absolute Gasteiger partial charge is 0.238 e. The molecule has 0 aromatic heterocycles. The first-order chi connectivity index (χ1) is 10.7. The van der Waals surface area contributed by atoms with Crippen molar-refractivity contribution < 1.29 is 17.9 Å². The zero-order chi connectivity index (χ0) is 17.1. The second-order valence-electron chi connectivity index (χ2n) is 7.01. The van der Waals surface area contributed by atoms with Gasteiger partial charge in [0, 0.05) is 31.7 Å². The van der Waals surface area contributed by atoms with Crippen molar-refractivity contribution in [3.8, 4) is 0 Å². The van der Waals surface area contributed by atoms with Gasteiger partial charge >= 0.3 is 0 Å². The molecule has 23 heavy (non-hydrogen) atoms. The van der Waals surface area contributed by atoms with Crippen LogP contribution in [0.4, 0.5) is 0 Å². The Morgan fingerprint density at radius 1 is 1.22 bits per heavy atom. The number of morpholine rings is 1. The fourth-order valence-electron chi connectivity index (χ4n) is 3.27. The highest BCUT2D eigenvalue weighted by atomic mass is 32.2. The number of amides is 1. The summed E-state index contributed by atoms with van der Waals surface area (Å²) in [4.78, 5) is 14.8. The Balaban J connectivity index is 1.94. The van der Waals surface area contributed by atoms with Crippen molar-refractivity contribution in [3.05, 3.63) is 0 Å². The fourth-order valence-corrected chi connectivity index (χ4v) is 4.39. The molecule has 0 aromatic carbocycles. The number of ether oxygens (including phenoxy) is 1. The maximum Gasteiger partial charge on any atom is 0.238 e. The predicted molar refractivity (Wildman–Crippen MR) is 88.7 cm³/mol. The van der Waals surface area contributed by atoms with Crippen LogP contribution in [0.5, 0.6) is 0 Å². The molecule has 2 aliphatic heterocycles. The Morgan fingerprint density at radius 2 is 1.87 bits per heavy atom. The van der Waals surface area contributed by atoms with E-state index < -0.39 is 16.1 Å². The first-order valence-electron chi connectivity index (χ1n) is 8.29. The number of nitrogens with zero attached hydrogens (tertiary/aromatic N) is 2. The van der Waals surface area contributed by atoms with Crippen LogP contribution in [0, 0.1) is 0 Å². The van der Waals surface area contributed by atoms with Crippen LogP contribution in [0.1, 0.15) is 33.1 Å². The quantitative estimate of drug-likeness (QED) is 0.759. The van der Waals surface area contributed by atoms with E-state index in [4.69, 9.17) is 4.74 Å². The maximum absolute atomic E-state index is 12.5. The minimum atomic E-state index is -3.35. The van der Waals surface area contributed by atoms with Gasteiger partial charge in [-0.15, -0.1) is 0 Å². The number of nitrogens with one attached hydrogen (secondary N) is 1. The van der Waals surface area contributed by atoms with E-state index in [-0.39, 0.29) is 11.4 Å². The minimum Gasteiger partial charge on any atom is -0.379 e. The SMILES string of the molecule is CC(C)(CNC(=O)C1CCCCN1S(C)(=O)=O)N1CCOCC1. The lowest BCUT2D eigenvalue weighted by Crippen LogP contribution is -2.58. The highest BCUT2D eigenvalue weighted by molar-refractivity contribution is 7.88. The molecular formula is C15H29N3O4S. The summed E-state index contributed by atoms with van der Waals surface area (Å²) in [6.07, 6.45) is 3.47. The van der Waals surface area contributed by atoms with Crippen LogP contribution in [0.2, 0.25) is 0 Å². The van der Waals surface area contributed by atoms with E-state index in [1.807, 2.05) is 0 Å². The summed E-state index contributed by atoms with van der Waals surface area (Å²) in [6.45, 7) is 8.23. The molecular weight excluding hydrogens is 318 g/mol. The average Bonchev–Trinajstić information content (AvgIpc) is 2.53. The molecule has 1 atom stereocenters. The standard InChI is InChI=1S/C15H29N3O4S/c1-15(2,17-8-10-22-11-9-17)12-16-14(19)13-6-4-5-7-18(13)23(3,20)21/h13H,4-12H2,1-3H3,(H,16,19). The second kappa shape index (κ2) is 7.46. The molecule has 0 aliphatic carbocycles. The Labute approximate surface area is 139 Å². The molecule has 1 amide bonds. The van der Waals surface area contributed by atoms with Gasteiger partial charge in [0.1, 0.15) is 6.04 Å². The third-order valence-electron chi connectivity index (χ3n) is 4.74. The van der Waals surface area contributed by atoms with E-state index >= 15 is 0 Å². The third-order valence-corrected chi connectivity index (χ3v) is 6.03. The molecule has 7 nitrogen and oxygen atoms in total. The third kappa shape index (κ3) is 4.89. The minimum absolute atomic E-state index is 0.177. The number of piperidine rings is 1. The normalized spacial score (nSPS) is 25.3. The number of hydrogen-bond donors (Lipinski definition) is 1. The van der Waals surface area contributed by atoms with Gasteiger partial charge < -0.3 is 10.1 Å². The van der Waals surface area contributed by atoms with Crippen molar-refractivity contribution in [1.82, 2.24) is 14.5 Å². The molecule has 2 aliphatic rings. The van der Waals surface area contributed by atoms with E-state index in [0.717, 1.165) is 25.9 Å². The Hall–Kier alpha value is -0.700. The molecule has 0 radical (unpaired) electrons. The zero-order valence-corrected chi connectivity index (χ0v) is 15.2. The van der Waals surface area contributed by atoms with Gasteiger partial charge in [-0.3, -0.25) is 9.69 Å². The summed E-state index contributed by atoms with van der Waals surface area (Å²) in [5.74, 6) is -0.184.